The number of aryl methyl sites for hydroxylation is 1. The fourth-order valence-electron chi connectivity index (χ4n) is 0.766. The molecule has 0 aromatic heterocycles. The molecule has 1 saturated carbocycles. The molecule has 0 unspecified atom stereocenters. The van der Waals surface area contributed by atoms with Crippen molar-refractivity contribution in [2.24, 2.45) is 5.92 Å². The van der Waals surface area contributed by atoms with Crippen molar-refractivity contribution in [3.05, 3.63) is 34.3 Å². The van der Waals surface area contributed by atoms with E-state index in [-0.39, 0.29) is 0 Å². The highest BCUT2D eigenvalue weighted by Gasteiger charge is 2.18. The predicted molar refractivity (Wildman–Crippen MR) is 57.7 cm³/mol. The largest absolute Gasteiger partial charge is 0.303 e. The zero-order valence-electron chi connectivity index (χ0n) is 7.66. The van der Waals surface area contributed by atoms with Crippen LogP contribution in [-0.4, -0.2) is 6.29 Å². The van der Waals surface area contributed by atoms with Crippen LogP contribution in [0.2, 0.25) is 0 Å². The standard InChI is InChI=1S/C7H7Br.C4H6O/c1-6-2-4-7(8)5-3-6;5-3-4-1-2-4/h2-5H,1H3;3-4H,1-2H2. The second kappa shape index (κ2) is 5.18. The first-order chi connectivity index (χ1) is 6.22. The molecule has 0 heterocycles. The first-order valence-corrected chi connectivity index (χ1v) is 5.19. The highest BCUT2D eigenvalue weighted by molar-refractivity contribution is 9.10. The van der Waals surface area contributed by atoms with Gasteiger partial charge in [0.1, 0.15) is 6.29 Å². The Morgan fingerprint density at radius 3 is 2.08 bits per heavy atom. The summed E-state index contributed by atoms with van der Waals surface area (Å²) < 4.78 is 1.14. The molecule has 0 spiro atoms. The lowest BCUT2D eigenvalue weighted by Gasteiger charge is -1.88. The zero-order valence-corrected chi connectivity index (χ0v) is 9.25. The van der Waals surface area contributed by atoms with E-state index in [9.17, 15) is 4.79 Å². The van der Waals surface area contributed by atoms with E-state index in [1.165, 1.54) is 5.56 Å². The minimum Gasteiger partial charge on any atom is -0.303 e. The van der Waals surface area contributed by atoms with E-state index < -0.39 is 0 Å². The minimum absolute atomic E-state index is 0.454. The van der Waals surface area contributed by atoms with E-state index in [1.54, 1.807) is 0 Å². The Morgan fingerprint density at radius 2 is 1.85 bits per heavy atom. The number of hydrogen-bond acceptors (Lipinski definition) is 1. The van der Waals surface area contributed by atoms with Crippen LogP contribution in [0.4, 0.5) is 0 Å². The molecule has 0 radical (unpaired) electrons. The van der Waals surface area contributed by atoms with Crippen LogP contribution in [0.25, 0.3) is 0 Å². The molecule has 0 saturated heterocycles. The lowest BCUT2D eigenvalue weighted by Crippen LogP contribution is -1.66. The molecule has 1 fully saturated rings. The van der Waals surface area contributed by atoms with Gasteiger partial charge in [-0.15, -0.1) is 0 Å². The van der Waals surface area contributed by atoms with Crippen LogP contribution in [0.1, 0.15) is 18.4 Å². The highest BCUT2D eigenvalue weighted by atomic mass is 79.9. The Kier molecular flexibility index (Phi) is 4.16. The van der Waals surface area contributed by atoms with Gasteiger partial charge in [0.25, 0.3) is 0 Å². The number of benzene rings is 1. The summed E-state index contributed by atoms with van der Waals surface area (Å²) >= 11 is 3.35. The molecule has 1 aliphatic carbocycles. The molecule has 13 heavy (non-hydrogen) atoms. The van der Waals surface area contributed by atoms with Crippen LogP contribution in [0.3, 0.4) is 0 Å². The van der Waals surface area contributed by atoms with Crippen molar-refractivity contribution in [3.63, 3.8) is 0 Å². The molecule has 2 heteroatoms. The summed E-state index contributed by atoms with van der Waals surface area (Å²) in [6, 6.07) is 8.22. The molecule has 70 valence electrons. The Hall–Kier alpha value is -0.630. The topological polar surface area (TPSA) is 17.1 Å². The van der Waals surface area contributed by atoms with Gasteiger partial charge in [0.05, 0.1) is 0 Å². The molecule has 1 aromatic rings. The predicted octanol–water partition coefficient (Wildman–Crippen LogP) is 3.35. The molecule has 1 nitrogen and oxygen atoms in total. The van der Waals surface area contributed by atoms with Gasteiger partial charge in [0, 0.05) is 10.4 Å². The number of aldehydes is 1. The van der Waals surface area contributed by atoms with Crippen LogP contribution in [0.15, 0.2) is 28.7 Å². The first kappa shape index (κ1) is 10.5. The van der Waals surface area contributed by atoms with E-state index in [0.717, 1.165) is 23.6 Å². The van der Waals surface area contributed by atoms with Gasteiger partial charge < -0.3 is 4.79 Å². The maximum atomic E-state index is 9.57. The molecule has 0 N–H and O–H groups in total. The van der Waals surface area contributed by atoms with Crippen molar-refractivity contribution < 1.29 is 4.79 Å². The number of carbonyl (C=O) groups excluding carboxylic acids is 1. The lowest BCUT2D eigenvalue weighted by atomic mass is 10.2. The Balaban J connectivity index is 0.000000145. The first-order valence-electron chi connectivity index (χ1n) is 4.40. The van der Waals surface area contributed by atoms with Gasteiger partial charge in [-0.2, -0.15) is 0 Å². The number of hydrogen-bond donors (Lipinski definition) is 0. The lowest BCUT2D eigenvalue weighted by molar-refractivity contribution is -0.108. The SMILES string of the molecule is Cc1ccc(Br)cc1.O=CC1CC1. The molecular formula is C11H13BrO. The second-order valence-corrected chi connectivity index (χ2v) is 4.18. The Bertz CT molecular complexity index is 241. The third kappa shape index (κ3) is 4.83. The van der Waals surface area contributed by atoms with Crippen molar-refractivity contribution in [1.82, 2.24) is 0 Å². The third-order valence-electron chi connectivity index (χ3n) is 1.83. The summed E-state index contributed by atoms with van der Waals surface area (Å²) in [4.78, 5) is 9.57. The molecule has 0 aliphatic heterocycles. The van der Waals surface area contributed by atoms with Gasteiger partial charge in [-0.25, -0.2) is 0 Å². The van der Waals surface area contributed by atoms with Gasteiger partial charge in [-0.1, -0.05) is 33.6 Å². The van der Waals surface area contributed by atoms with E-state index in [1.807, 2.05) is 12.1 Å². The van der Waals surface area contributed by atoms with Gasteiger partial charge in [0.15, 0.2) is 0 Å². The van der Waals surface area contributed by atoms with Crippen LogP contribution < -0.4 is 0 Å². The molecular weight excluding hydrogens is 228 g/mol. The van der Waals surface area contributed by atoms with E-state index in [2.05, 4.69) is 35.0 Å². The van der Waals surface area contributed by atoms with Crippen molar-refractivity contribution in [1.29, 1.82) is 0 Å². The monoisotopic (exact) mass is 240 g/mol. The molecule has 0 amide bonds. The van der Waals surface area contributed by atoms with E-state index in [0.29, 0.717) is 5.92 Å². The van der Waals surface area contributed by atoms with Crippen molar-refractivity contribution in [3.8, 4) is 0 Å². The molecule has 2 rings (SSSR count). The molecule has 1 aliphatic rings. The maximum absolute atomic E-state index is 9.57. The van der Waals surface area contributed by atoms with Gasteiger partial charge >= 0.3 is 0 Å². The van der Waals surface area contributed by atoms with E-state index in [4.69, 9.17) is 0 Å². The van der Waals surface area contributed by atoms with Crippen molar-refractivity contribution >= 4 is 22.2 Å². The van der Waals surface area contributed by atoms with Gasteiger partial charge in [0.2, 0.25) is 0 Å². The average molecular weight is 241 g/mol. The van der Waals surface area contributed by atoms with Crippen LogP contribution in [0.5, 0.6) is 0 Å². The molecule has 0 atom stereocenters. The quantitative estimate of drug-likeness (QED) is 0.689. The Morgan fingerprint density at radius 1 is 1.31 bits per heavy atom. The number of rotatable bonds is 1. The van der Waals surface area contributed by atoms with Crippen molar-refractivity contribution in [2.75, 3.05) is 0 Å². The fraction of sp³-hybridized carbons (Fsp3) is 0.364. The molecule has 0 bridgehead atoms. The van der Waals surface area contributed by atoms with Gasteiger partial charge in [-0.3, -0.25) is 0 Å². The fourth-order valence-corrected chi connectivity index (χ4v) is 1.03. The van der Waals surface area contributed by atoms with Crippen LogP contribution in [0, 0.1) is 12.8 Å². The highest BCUT2D eigenvalue weighted by Crippen LogP contribution is 2.25. The van der Waals surface area contributed by atoms with Gasteiger partial charge in [-0.05, 0) is 31.9 Å². The summed E-state index contributed by atoms with van der Waals surface area (Å²) in [6.45, 7) is 2.08. The minimum atomic E-state index is 0.454. The summed E-state index contributed by atoms with van der Waals surface area (Å²) in [7, 11) is 0. The van der Waals surface area contributed by atoms with Crippen LogP contribution >= 0.6 is 15.9 Å². The summed E-state index contributed by atoms with van der Waals surface area (Å²) in [6.07, 6.45) is 3.31. The Labute approximate surface area is 87.3 Å². The number of halogens is 1. The molecule has 1 aromatic carbocycles. The van der Waals surface area contributed by atoms with E-state index >= 15 is 0 Å². The van der Waals surface area contributed by atoms with Crippen molar-refractivity contribution in [2.45, 2.75) is 19.8 Å². The average Bonchev–Trinajstić information content (AvgIpc) is 2.94. The third-order valence-corrected chi connectivity index (χ3v) is 2.35. The summed E-state index contributed by atoms with van der Waals surface area (Å²) in [5.74, 6) is 0.454. The summed E-state index contributed by atoms with van der Waals surface area (Å²) in [5, 5.41) is 0. The second-order valence-electron chi connectivity index (χ2n) is 3.27. The smallest absolute Gasteiger partial charge is 0.123 e. The number of carbonyl (C=O) groups is 1. The maximum Gasteiger partial charge on any atom is 0.123 e. The summed E-state index contributed by atoms with van der Waals surface area (Å²) in [5.41, 5.74) is 1.30. The van der Waals surface area contributed by atoms with Crippen LogP contribution in [-0.2, 0) is 4.79 Å². The zero-order chi connectivity index (χ0) is 9.68. The normalized spacial score (nSPS) is 14.3.